The van der Waals surface area contributed by atoms with Gasteiger partial charge in [-0.25, -0.2) is 9.97 Å². The number of imidazole rings is 1. The molecule has 1 amide bonds. The Labute approximate surface area is 224 Å². The fraction of sp³-hybridized carbons (Fsp3) is 0.0417. The van der Waals surface area contributed by atoms with Crippen LogP contribution in [0.5, 0.6) is 0 Å². The number of hydrogen-bond acceptors (Lipinski definition) is 5. The molecule has 5 aromatic rings. The summed E-state index contributed by atoms with van der Waals surface area (Å²) in [6.45, 7) is -0.0422. The van der Waals surface area contributed by atoms with E-state index in [1.165, 1.54) is 11.3 Å². The van der Waals surface area contributed by atoms with Crippen molar-refractivity contribution in [1.82, 2.24) is 15.0 Å². The summed E-state index contributed by atoms with van der Waals surface area (Å²) in [5.74, 6) is 0.303. The third-order valence-electron chi connectivity index (χ3n) is 5.04. The van der Waals surface area contributed by atoms with Crippen molar-refractivity contribution < 1.29 is 54.0 Å². The molecular formula is C24H18AcN4O2S. The van der Waals surface area contributed by atoms with E-state index in [2.05, 4.69) is 15.3 Å². The molecule has 0 unspecified atom stereocenters. The minimum absolute atomic E-state index is 0. The van der Waals surface area contributed by atoms with E-state index in [1.807, 2.05) is 66.7 Å². The zero-order chi connectivity index (χ0) is 21.2. The minimum atomic E-state index is -0.310. The van der Waals surface area contributed by atoms with E-state index >= 15 is 0 Å². The van der Waals surface area contributed by atoms with Gasteiger partial charge in [-0.05, 0) is 16.3 Å². The molecule has 3 aromatic carbocycles. The number of aliphatic hydroxyl groups excluding tert-OH is 1. The summed E-state index contributed by atoms with van der Waals surface area (Å²) in [5.41, 5.74) is 3.39. The van der Waals surface area contributed by atoms with E-state index in [1.54, 1.807) is 11.6 Å². The molecule has 6 nitrogen and oxygen atoms in total. The van der Waals surface area contributed by atoms with Crippen molar-refractivity contribution in [1.29, 1.82) is 0 Å². The van der Waals surface area contributed by atoms with Gasteiger partial charge in [-0.15, -0.1) is 11.3 Å². The van der Waals surface area contributed by atoms with Gasteiger partial charge in [0.15, 0.2) is 5.13 Å². The van der Waals surface area contributed by atoms with E-state index < -0.39 is 0 Å². The maximum atomic E-state index is 13.1. The van der Waals surface area contributed by atoms with E-state index in [-0.39, 0.29) is 56.6 Å². The molecule has 0 aliphatic heterocycles. The average Bonchev–Trinajstić information content (AvgIpc) is 3.49. The second kappa shape index (κ2) is 10.1. The van der Waals surface area contributed by atoms with E-state index in [0.717, 1.165) is 27.5 Å². The molecule has 0 saturated carbocycles. The Kier molecular flexibility index (Phi) is 7.17. The normalized spacial score (nSPS) is 10.7. The van der Waals surface area contributed by atoms with Crippen molar-refractivity contribution >= 4 is 33.1 Å². The molecule has 3 N–H and O–H groups in total. The summed E-state index contributed by atoms with van der Waals surface area (Å²) < 4.78 is 0. The number of benzene rings is 3. The van der Waals surface area contributed by atoms with Crippen molar-refractivity contribution in [2.24, 2.45) is 0 Å². The Morgan fingerprint density at radius 3 is 2.56 bits per heavy atom. The van der Waals surface area contributed by atoms with Gasteiger partial charge in [-0.3, -0.25) is 10.1 Å². The summed E-state index contributed by atoms with van der Waals surface area (Å²) >= 11 is 1.35. The van der Waals surface area contributed by atoms with Crippen molar-refractivity contribution in [2.75, 3.05) is 5.32 Å². The maximum Gasteiger partial charge on any atom is 0.276 e. The number of anilines is 1. The van der Waals surface area contributed by atoms with Crippen molar-refractivity contribution in [3.63, 3.8) is 0 Å². The summed E-state index contributed by atoms with van der Waals surface area (Å²) in [6.07, 6.45) is 1.64. The molecular weight excluding hydrogens is 635 g/mol. The molecule has 2 heterocycles. The molecule has 0 saturated heterocycles. The Balaban J connectivity index is 0.00000245. The second-order valence-electron chi connectivity index (χ2n) is 6.98. The molecule has 1 radical (unpaired) electrons. The van der Waals surface area contributed by atoms with Gasteiger partial charge < -0.3 is 10.1 Å². The number of fused-ring (bicyclic) bond motifs is 1. The molecule has 0 bridgehead atoms. The number of nitrogens with one attached hydrogen (secondary N) is 2. The van der Waals surface area contributed by atoms with E-state index in [9.17, 15) is 9.90 Å². The molecule has 0 aliphatic carbocycles. The number of hydrogen-bond donors (Lipinski definition) is 3. The molecule has 32 heavy (non-hydrogen) atoms. The van der Waals surface area contributed by atoms with Gasteiger partial charge in [0, 0.05) is 66.8 Å². The number of thiazole rings is 1. The molecule has 5 rings (SSSR count). The predicted molar refractivity (Wildman–Crippen MR) is 123 cm³/mol. The van der Waals surface area contributed by atoms with Gasteiger partial charge in [0.2, 0.25) is 0 Å². The van der Waals surface area contributed by atoms with Crippen LogP contribution in [0.1, 0.15) is 16.1 Å². The monoisotopic (exact) mass is 653 g/mol. The average molecular weight is 654 g/mol. The van der Waals surface area contributed by atoms with Gasteiger partial charge in [0.05, 0.1) is 6.61 Å². The third-order valence-corrected chi connectivity index (χ3v) is 5.73. The first-order valence-corrected chi connectivity index (χ1v) is 10.6. The van der Waals surface area contributed by atoms with Crippen LogP contribution in [0.15, 0.2) is 78.3 Å². The Hall–Kier alpha value is -2.37. The van der Waals surface area contributed by atoms with Crippen LogP contribution in [0.25, 0.3) is 33.4 Å². The molecule has 2 aromatic heterocycles. The topological polar surface area (TPSA) is 90.9 Å². The Bertz CT molecular complexity index is 1360. The number of aromatic nitrogens is 3. The first-order valence-electron chi connectivity index (χ1n) is 9.72. The van der Waals surface area contributed by atoms with Gasteiger partial charge in [0.1, 0.15) is 17.2 Å². The molecule has 0 spiro atoms. The summed E-state index contributed by atoms with van der Waals surface area (Å²) in [4.78, 5) is 25.3. The van der Waals surface area contributed by atoms with E-state index in [4.69, 9.17) is 4.98 Å². The minimum Gasteiger partial charge on any atom is -0.392 e. The summed E-state index contributed by atoms with van der Waals surface area (Å²) in [7, 11) is 0. The van der Waals surface area contributed by atoms with E-state index in [0.29, 0.717) is 22.3 Å². The Morgan fingerprint density at radius 1 is 1.03 bits per heavy atom. The number of carbonyl (C=O) groups excluding carboxylic acids is 1. The fourth-order valence-electron chi connectivity index (χ4n) is 3.52. The smallest absolute Gasteiger partial charge is 0.276 e. The number of nitrogens with zero attached hydrogens (tertiary/aromatic N) is 2. The summed E-state index contributed by atoms with van der Waals surface area (Å²) in [5, 5.41) is 16.6. The van der Waals surface area contributed by atoms with Gasteiger partial charge in [-0.1, -0.05) is 66.7 Å². The number of aromatic amines is 1. The van der Waals surface area contributed by atoms with Crippen LogP contribution in [0.4, 0.5) is 5.13 Å². The number of H-pyrrole nitrogens is 1. The largest absolute Gasteiger partial charge is 0.392 e. The van der Waals surface area contributed by atoms with Crippen LogP contribution in [0.3, 0.4) is 0 Å². The van der Waals surface area contributed by atoms with Gasteiger partial charge in [0.25, 0.3) is 5.91 Å². The van der Waals surface area contributed by atoms with Crippen LogP contribution in [0.2, 0.25) is 0 Å². The standard InChI is InChI=1S/C24H18N4O2S.Ac/c29-14-15-8-10-17(11-9-15)20-21(23(30)28-24-25-12-13-31-24)27-22(26-20)19-7-3-5-16-4-1-2-6-18(16)19;/h1-13,29H,14H2,(H,26,27)(H,25,28,30);. The Morgan fingerprint density at radius 2 is 1.81 bits per heavy atom. The number of aliphatic hydroxyl groups is 1. The molecule has 155 valence electrons. The molecule has 0 atom stereocenters. The van der Waals surface area contributed by atoms with Crippen molar-refractivity contribution in [3.05, 3.63) is 89.6 Å². The van der Waals surface area contributed by atoms with Gasteiger partial charge in [-0.2, -0.15) is 0 Å². The summed E-state index contributed by atoms with van der Waals surface area (Å²) in [6, 6.07) is 21.4. The van der Waals surface area contributed by atoms with Crippen LogP contribution < -0.4 is 5.32 Å². The first-order chi connectivity index (χ1) is 15.2. The first kappa shape index (κ1) is 22.8. The van der Waals surface area contributed by atoms with Gasteiger partial charge >= 0.3 is 0 Å². The van der Waals surface area contributed by atoms with Crippen molar-refractivity contribution in [3.8, 4) is 22.6 Å². The number of rotatable bonds is 5. The number of carbonyl (C=O) groups is 1. The molecule has 0 fully saturated rings. The van der Waals surface area contributed by atoms with Crippen LogP contribution >= 0.6 is 11.3 Å². The SMILES string of the molecule is O=C(Nc1nccs1)c1[nH]c(-c2cccc3ccccc23)nc1-c1ccc(CO)cc1.[Ac]. The predicted octanol–water partition coefficient (Wildman–Crippen LogP) is 5.10. The molecule has 0 aliphatic rings. The number of amides is 1. The van der Waals surface area contributed by atoms with Crippen LogP contribution in [-0.2, 0) is 6.61 Å². The van der Waals surface area contributed by atoms with Crippen molar-refractivity contribution in [2.45, 2.75) is 6.61 Å². The van der Waals surface area contributed by atoms with Crippen LogP contribution in [0, 0.1) is 44.1 Å². The van der Waals surface area contributed by atoms with Crippen LogP contribution in [-0.4, -0.2) is 26.0 Å². The quantitative estimate of drug-likeness (QED) is 0.247. The molecule has 8 heteroatoms. The third kappa shape index (κ3) is 4.55. The fourth-order valence-corrected chi connectivity index (χ4v) is 4.04. The second-order valence-corrected chi connectivity index (χ2v) is 7.88. The zero-order valence-corrected chi connectivity index (χ0v) is 22.5. The zero-order valence-electron chi connectivity index (χ0n) is 16.9. The maximum absolute atomic E-state index is 13.1.